The van der Waals surface area contributed by atoms with E-state index in [1.54, 1.807) is 7.11 Å². The smallest absolute Gasteiger partial charge is 0.207 e. The van der Waals surface area contributed by atoms with Crippen LogP contribution in [0.3, 0.4) is 0 Å². The molecule has 1 aromatic rings. The molecule has 20 heavy (non-hydrogen) atoms. The maximum Gasteiger partial charge on any atom is 0.207 e. The van der Waals surface area contributed by atoms with Crippen LogP contribution in [0, 0.1) is 0 Å². The van der Waals surface area contributed by atoms with Gasteiger partial charge >= 0.3 is 0 Å². The number of hydrogen-bond acceptors (Lipinski definition) is 3. The summed E-state index contributed by atoms with van der Waals surface area (Å²) in [5, 5.41) is 2.77. The number of carbonyl (C=O) groups is 1. The molecular formula is C16H26N2O2. The molecule has 1 saturated heterocycles. The minimum atomic E-state index is -0.0693. The standard InChI is InChI=1S/C14H20N2O2.C2H6/c1-18-10-14(15-11-17)12-4-6-13(7-5-12)16-8-2-3-9-16;1-2/h4-7,11,14H,2-3,8-10H2,1H3,(H,15,17);1-2H3. The van der Waals surface area contributed by atoms with Crippen molar-refractivity contribution in [1.29, 1.82) is 0 Å². The van der Waals surface area contributed by atoms with Gasteiger partial charge in [-0.1, -0.05) is 26.0 Å². The highest BCUT2D eigenvalue weighted by atomic mass is 16.5. The van der Waals surface area contributed by atoms with E-state index >= 15 is 0 Å². The first-order valence-corrected chi connectivity index (χ1v) is 7.38. The Labute approximate surface area is 122 Å². The minimum absolute atomic E-state index is 0.0693. The third-order valence-electron chi connectivity index (χ3n) is 3.37. The van der Waals surface area contributed by atoms with Gasteiger partial charge in [0.25, 0.3) is 0 Å². The van der Waals surface area contributed by atoms with Crippen molar-refractivity contribution in [3.63, 3.8) is 0 Å². The van der Waals surface area contributed by atoms with E-state index in [1.165, 1.54) is 18.5 Å². The summed E-state index contributed by atoms with van der Waals surface area (Å²) in [7, 11) is 1.64. The average Bonchev–Trinajstić information content (AvgIpc) is 3.04. The lowest BCUT2D eigenvalue weighted by Gasteiger charge is -2.20. The molecule has 112 valence electrons. The summed E-state index contributed by atoms with van der Waals surface area (Å²) in [5.41, 5.74) is 2.34. The van der Waals surface area contributed by atoms with Crippen LogP contribution in [0.15, 0.2) is 24.3 Å². The van der Waals surface area contributed by atoms with Crippen LogP contribution in [0.25, 0.3) is 0 Å². The number of rotatable bonds is 6. The van der Waals surface area contributed by atoms with Gasteiger partial charge in [0.1, 0.15) is 0 Å². The van der Waals surface area contributed by atoms with Gasteiger partial charge in [-0.2, -0.15) is 0 Å². The van der Waals surface area contributed by atoms with E-state index in [-0.39, 0.29) is 6.04 Å². The molecule has 4 heteroatoms. The van der Waals surface area contributed by atoms with Crippen molar-refractivity contribution in [2.24, 2.45) is 0 Å². The third-order valence-corrected chi connectivity index (χ3v) is 3.37. The zero-order valence-corrected chi connectivity index (χ0v) is 12.8. The molecule has 0 bridgehead atoms. The molecule has 0 saturated carbocycles. The maximum atomic E-state index is 10.6. The SMILES string of the molecule is CC.COCC(NC=O)c1ccc(N2CCCC2)cc1. The lowest BCUT2D eigenvalue weighted by atomic mass is 10.1. The maximum absolute atomic E-state index is 10.6. The molecule has 2 rings (SSSR count). The first-order chi connectivity index (χ1) is 9.85. The van der Waals surface area contributed by atoms with Crippen LogP contribution in [0.1, 0.15) is 38.3 Å². The predicted molar refractivity (Wildman–Crippen MR) is 83.1 cm³/mol. The fourth-order valence-corrected chi connectivity index (χ4v) is 2.38. The summed E-state index contributed by atoms with van der Waals surface area (Å²) in [4.78, 5) is 13.0. The highest BCUT2D eigenvalue weighted by Gasteiger charge is 2.14. The second kappa shape index (κ2) is 9.37. The minimum Gasteiger partial charge on any atom is -0.382 e. The molecule has 4 nitrogen and oxygen atoms in total. The fraction of sp³-hybridized carbons (Fsp3) is 0.562. The normalized spacial score (nSPS) is 15.2. The summed E-state index contributed by atoms with van der Waals surface area (Å²) in [6.07, 6.45) is 3.28. The zero-order valence-electron chi connectivity index (χ0n) is 12.8. The van der Waals surface area contributed by atoms with Gasteiger partial charge in [0, 0.05) is 25.9 Å². The molecular weight excluding hydrogens is 252 g/mol. The number of methoxy groups -OCH3 is 1. The molecule has 1 aliphatic rings. The lowest BCUT2D eigenvalue weighted by Crippen LogP contribution is -2.24. The number of benzene rings is 1. The molecule has 0 aromatic heterocycles. The van der Waals surface area contributed by atoms with Crippen molar-refractivity contribution in [2.45, 2.75) is 32.7 Å². The third kappa shape index (κ3) is 4.53. The van der Waals surface area contributed by atoms with Crippen molar-refractivity contribution < 1.29 is 9.53 Å². The van der Waals surface area contributed by atoms with Crippen LogP contribution < -0.4 is 10.2 Å². The van der Waals surface area contributed by atoms with Gasteiger partial charge in [-0.3, -0.25) is 4.79 Å². The van der Waals surface area contributed by atoms with Crippen molar-refractivity contribution in [2.75, 3.05) is 31.7 Å². The monoisotopic (exact) mass is 278 g/mol. The van der Waals surface area contributed by atoms with E-state index in [0.29, 0.717) is 6.61 Å². The second-order valence-corrected chi connectivity index (χ2v) is 4.58. The van der Waals surface area contributed by atoms with Crippen molar-refractivity contribution in [3.05, 3.63) is 29.8 Å². The van der Waals surface area contributed by atoms with Crippen molar-refractivity contribution >= 4 is 12.1 Å². The van der Waals surface area contributed by atoms with Crippen LogP contribution in [0.4, 0.5) is 5.69 Å². The second-order valence-electron chi connectivity index (χ2n) is 4.58. The Hall–Kier alpha value is -1.55. The Bertz CT molecular complexity index is 373. The quantitative estimate of drug-likeness (QED) is 0.814. The van der Waals surface area contributed by atoms with E-state index in [1.807, 2.05) is 13.8 Å². The van der Waals surface area contributed by atoms with Gasteiger partial charge in [0.15, 0.2) is 0 Å². The number of anilines is 1. The molecule has 1 N–H and O–H groups in total. The van der Waals surface area contributed by atoms with Gasteiger partial charge in [-0.25, -0.2) is 0 Å². The van der Waals surface area contributed by atoms with Gasteiger partial charge < -0.3 is 15.0 Å². The zero-order chi connectivity index (χ0) is 14.8. The van der Waals surface area contributed by atoms with E-state index < -0.39 is 0 Å². The number of amides is 1. The Kier molecular flexibility index (Phi) is 7.73. The first kappa shape index (κ1) is 16.5. The van der Waals surface area contributed by atoms with Crippen LogP contribution in [0.2, 0.25) is 0 Å². The number of ether oxygens (including phenoxy) is 1. The largest absolute Gasteiger partial charge is 0.382 e. The highest BCUT2D eigenvalue weighted by Crippen LogP contribution is 2.22. The van der Waals surface area contributed by atoms with Crippen molar-refractivity contribution in [3.8, 4) is 0 Å². The molecule has 0 spiro atoms. The average molecular weight is 278 g/mol. The summed E-state index contributed by atoms with van der Waals surface area (Å²) in [6.45, 7) is 6.78. The number of carbonyl (C=O) groups excluding carboxylic acids is 1. The molecule has 1 atom stereocenters. The van der Waals surface area contributed by atoms with Crippen LogP contribution >= 0.6 is 0 Å². The predicted octanol–water partition coefficient (Wildman–Crippen LogP) is 2.75. The molecule has 1 heterocycles. The molecule has 1 amide bonds. The van der Waals surface area contributed by atoms with Gasteiger partial charge in [-0.05, 0) is 30.5 Å². The summed E-state index contributed by atoms with van der Waals surface area (Å²) >= 11 is 0. The molecule has 1 unspecified atom stereocenters. The van der Waals surface area contributed by atoms with Crippen LogP contribution in [-0.4, -0.2) is 33.2 Å². The Morgan fingerprint density at radius 2 is 1.85 bits per heavy atom. The van der Waals surface area contributed by atoms with E-state index in [9.17, 15) is 4.79 Å². The summed E-state index contributed by atoms with van der Waals surface area (Å²) in [5.74, 6) is 0. The van der Waals surface area contributed by atoms with Gasteiger partial charge in [0.05, 0.1) is 12.6 Å². The first-order valence-electron chi connectivity index (χ1n) is 7.38. The van der Waals surface area contributed by atoms with Crippen LogP contribution in [0.5, 0.6) is 0 Å². The topological polar surface area (TPSA) is 41.6 Å². The van der Waals surface area contributed by atoms with E-state index in [2.05, 4.69) is 34.5 Å². The Balaban J connectivity index is 0.000000956. The molecule has 0 aliphatic carbocycles. The number of nitrogens with one attached hydrogen (secondary N) is 1. The molecule has 1 aliphatic heterocycles. The summed E-state index contributed by atoms with van der Waals surface area (Å²) in [6, 6.07) is 8.30. The highest BCUT2D eigenvalue weighted by molar-refractivity contribution is 5.51. The summed E-state index contributed by atoms with van der Waals surface area (Å²) < 4.78 is 5.11. The lowest BCUT2D eigenvalue weighted by molar-refractivity contribution is -0.110. The number of hydrogen-bond donors (Lipinski definition) is 1. The van der Waals surface area contributed by atoms with Crippen molar-refractivity contribution in [1.82, 2.24) is 5.32 Å². The fourth-order valence-electron chi connectivity index (χ4n) is 2.38. The number of nitrogens with zero attached hydrogens (tertiary/aromatic N) is 1. The van der Waals surface area contributed by atoms with E-state index in [4.69, 9.17) is 4.74 Å². The van der Waals surface area contributed by atoms with Gasteiger partial charge in [-0.15, -0.1) is 0 Å². The van der Waals surface area contributed by atoms with Crippen LogP contribution in [-0.2, 0) is 9.53 Å². The molecule has 1 aromatic carbocycles. The van der Waals surface area contributed by atoms with Gasteiger partial charge in [0.2, 0.25) is 6.41 Å². The Morgan fingerprint density at radius 3 is 2.35 bits per heavy atom. The Morgan fingerprint density at radius 1 is 1.25 bits per heavy atom. The molecule has 1 fully saturated rings. The molecule has 0 radical (unpaired) electrons. The van der Waals surface area contributed by atoms with E-state index in [0.717, 1.165) is 25.1 Å².